The van der Waals surface area contributed by atoms with E-state index in [2.05, 4.69) is 5.32 Å². The van der Waals surface area contributed by atoms with Gasteiger partial charge in [-0.15, -0.1) is 0 Å². The number of ether oxygens (including phenoxy) is 1. The summed E-state index contributed by atoms with van der Waals surface area (Å²) in [6, 6.07) is 12.7. The van der Waals surface area contributed by atoms with Gasteiger partial charge in [0.2, 0.25) is 11.8 Å². The van der Waals surface area contributed by atoms with E-state index in [1.54, 1.807) is 17.0 Å². The van der Waals surface area contributed by atoms with E-state index in [-0.39, 0.29) is 24.3 Å². The Bertz CT molecular complexity index is 849. The van der Waals surface area contributed by atoms with Gasteiger partial charge in [-0.1, -0.05) is 17.7 Å². The lowest BCUT2D eigenvalue weighted by Crippen LogP contribution is -2.28. The summed E-state index contributed by atoms with van der Waals surface area (Å²) in [7, 11) is 0. The summed E-state index contributed by atoms with van der Waals surface area (Å²) in [4.78, 5) is 26.6. The first kappa shape index (κ1) is 19.2. The molecule has 2 aromatic carbocycles. The molecule has 27 heavy (non-hydrogen) atoms. The van der Waals surface area contributed by atoms with Gasteiger partial charge >= 0.3 is 0 Å². The molecule has 1 N–H and O–H groups in total. The molecule has 3 rings (SSSR count). The highest BCUT2D eigenvalue weighted by Crippen LogP contribution is 2.28. The molecule has 2 aromatic rings. The van der Waals surface area contributed by atoms with Crippen LogP contribution in [0.25, 0.3) is 0 Å². The molecule has 0 bridgehead atoms. The maximum Gasteiger partial charge on any atom is 0.229 e. The monoisotopic (exact) mass is 386 g/mol. The fraction of sp³-hybridized carbons (Fsp3) is 0.333. The number of benzene rings is 2. The Morgan fingerprint density at radius 1 is 1.22 bits per heavy atom. The van der Waals surface area contributed by atoms with E-state index in [9.17, 15) is 9.59 Å². The van der Waals surface area contributed by atoms with Crippen LogP contribution in [0.3, 0.4) is 0 Å². The van der Waals surface area contributed by atoms with Gasteiger partial charge in [0.25, 0.3) is 0 Å². The van der Waals surface area contributed by atoms with Crippen LogP contribution in [0.1, 0.15) is 25.8 Å². The van der Waals surface area contributed by atoms with Gasteiger partial charge in [-0.3, -0.25) is 9.59 Å². The molecule has 2 amide bonds. The smallest absolute Gasteiger partial charge is 0.229 e. The Kier molecular flexibility index (Phi) is 5.71. The minimum atomic E-state index is -0.399. The van der Waals surface area contributed by atoms with Gasteiger partial charge in [0.15, 0.2) is 0 Å². The van der Waals surface area contributed by atoms with Crippen LogP contribution in [-0.2, 0) is 9.59 Å². The number of carbonyl (C=O) groups excluding carboxylic acids is 2. The van der Waals surface area contributed by atoms with Gasteiger partial charge in [0.1, 0.15) is 5.75 Å². The third-order valence-corrected chi connectivity index (χ3v) is 4.86. The van der Waals surface area contributed by atoms with Crippen molar-refractivity contribution in [2.45, 2.75) is 33.3 Å². The predicted octanol–water partition coefficient (Wildman–Crippen LogP) is 4.43. The molecule has 1 saturated heterocycles. The molecule has 1 aliphatic heterocycles. The molecule has 1 fully saturated rings. The van der Waals surface area contributed by atoms with E-state index in [0.29, 0.717) is 17.3 Å². The third-order valence-electron chi connectivity index (χ3n) is 4.46. The molecular formula is C21H23ClN2O3. The molecule has 1 atom stereocenters. The Balaban J connectivity index is 1.65. The molecule has 5 nitrogen and oxygen atoms in total. The zero-order valence-electron chi connectivity index (χ0n) is 15.7. The van der Waals surface area contributed by atoms with E-state index in [1.807, 2.05) is 51.1 Å². The van der Waals surface area contributed by atoms with Gasteiger partial charge in [0.05, 0.1) is 12.0 Å². The van der Waals surface area contributed by atoms with E-state index in [4.69, 9.17) is 16.3 Å². The lowest BCUT2D eigenvalue weighted by Gasteiger charge is -2.18. The molecule has 0 aliphatic carbocycles. The Morgan fingerprint density at radius 3 is 2.56 bits per heavy atom. The second kappa shape index (κ2) is 8.01. The number of nitrogens with zero attached hydrogens (tertiary/aromatic N) is 1. The zero-order chi connectivity index (χ0) is 19.6. The quantitative estimate of drug-likeness (QED) is 0.827. The van der Waals surface area contributed by atoms with Crippen molar-refractivity contribution in [2.75, 3.05) is 16.8 Å². The number of anilines is 2. The molecule has 0 saturated carbocycles. The van der Waals surface area contributed by atoms with Crippen LogP contribution < -0.4 is 15.0 Å². The standard InChI is InChI=1S/C21H23ClN2O3/c1-13(2)27-18-8-6-17(7-9-18)24-12-15(10-20(24)25)21(26)23-16-5-4-14(3)19(22)11-16/h4-9,11,13,15H,10,12H2,1-3H3,(H,23,26). The number of aryl methyl sites for hydroxylation is 1. The van der Waals surface area contributed by atoms with Gasteiger partial charge in [-0.25, -0.2) is 0 Å². The van der Waals surface area contributed by atoms with E-state index in [1.165, 1.54) is 0 Å². The summed E-state index contributed by atoms with van der Waals surface area (Å²) in [5.74, 6) is 0.121. The number of halogens is 1. The first-order valence-corrected chi connectivity index (χ1v) is 9.35. The van der Waals surface area contributed by atoms with Crippen molar-refractivity contribution in [3.05, 3.63) is 53.1 Å². The molecule has 1 heterocycles. The van der Waals surface area contributed by atoms with E-state index < -0.39 is 5.92 Å². The largest absolute Gasteiger partial charge is 0.491 e. The lowest BCUT2D eigenvalue weighted by molar-refractivity contribution is -0.122. The number of hydrogen-bond acceptors (Lipinski definition) is 3. The van der Waals surface area contributed by atoms with Crippen LogP contribution in [0.5, 0.6) is 5.75 Å². The normalized spacial score (nSPS) is 16.7. The summed E-state index contributed by atoms with van der Waals surface area (Å²) >= 11 is 6.10. The van der Waals surface area contributed by atoms with E-state index >= 15 is 0 Å². The average Bonchev–Trinajstić information content (AvgIpc) is 3.00. The number of carbonyl (C=O) groups is 2. The van der Waals surface area contributed by atoms with Crippen LogP contribution in [-0.4, -0.2) is 24.5 Å². The maximum atomic E-state index is 12.6. The molecule has 0 radical (unpaired) electrons. The highest BCUT2D eigenvalue weighted by molar-refractivity contribution is 6.31. The number of hydrogen-bond donors (Lipinski definition) is 1. The number of nitrogens with one attached hydrogen (secondary N) is 1. The first-order chi connectivity index (χ1) is 12.8. The number of amides is 2. The van der Waals surface area contributed by atoms with Crippen LogP contribution in [0.4, 0.5) is 11.4 Å². The molecular weight excluding hydrogens is 364 g/mol. The summed E-state index contributed by atoms with van der Waals surface area (Å²) < 4.78 is 5.62. The van der Waals surface area contributed by atoms with E-state index in [0.717, 1.165) is 17.0 Å². The molecule has 1 unspecified atom stereocenters. The summed E-state index contributed by atoms with van der Waals surface area (Å²) in [6.07, 6.45) is 0.281. The van der Waals surface area contributed by atoms with Crippen LogP contribution >= 0.6 is 11.6 Å². The second-order valence-electron chi connectivity index (χ2n) is 7.02. The first-order valence-electron chi connectivity index (χ1n) is 8.97. The minimum Gasteiger partial charge on any atom is -0.491 e. The Morgan fingerprint density at radius 2 is 1.93 bits per heavy atom. The molecule has 0 spiro atoms. The summed E-state index contributed by atoms with van der Waals surface area (Å²) in [6.45, 7) is 6.18. The lowest BCUT2D eigenvalue weighted by atomic mass is 10.1. The van der Waals surface area contributed by atoms with Crippen molar-refractivity contribution in [3.8, 4) is 5.75 Å². The summed E-state index contributed by atoms with van der Waals surface area (Å²) in [5.41, 5.74) is 2.35. The summed E-state index contributed by atoms with van der Waals surface area (Å²) in [5, 5.41) is 3.45. The molecule has 1 aliphatic rings. The highest BCUT2D eigenvalue weighted by atomic mass is 35.5. The third kappa shape index (κ3) is 4.61. The van der Waals surface area contributed by atoms with Crippen molar-refractivity contribution in [1.29, 1.82) is 0 Å². The fourth-order valence-corrected chi connectivity index (χ4v) is 3.21. The van der Waals surface area contributed by atoms with Crippen LogP contribution in [0.15, 0.2) is 42.5 Å². The van der Waals surface area contributed by atoms with Crippen molar-refractivity contribution >= 4 is 34.8 Å². The number of rotatable bonds is 5. The SMILES string of the molecule is Cc1ccc(NC(=O)C2CC(=O)N(c3ccc(OC(C)C)cc3)C2)cc1Cl. The Labute approximate surface area is 164 Å². The highest BCUT2D eigenvalue weighted by Gasteiger charge is 2.35. The van der Waals surface area contributed by atoms with Crippen molar-refractivity contribution in [3.63, 3.8) is 0 Å². The van der Waals surface area contributed by atoms with Gasteiger partial charge in [-0.2, -0.15) is 0 Å². The van der Waals surface area contributed by atoms with Crippen LogP contribution in [0, 0.1) is 12.8 Å². The Hall–Kier alpha value is -2.53. The van der Waals surface area contributed by atoms with Gasteiger partial charge in [-0.05, 0) is 62.7 Å². The fourth-order valence-electron chi connectivity index (χ4n) is 3.02. The molecule has 6 heteroatoms. The van der Waals surface area contributed by atoms with Gasteiger partial charge in [0, 0.05) is 29.4 Å². The second-order valence-corrected chi connectivity index (χ2v) is 7.43. The topological polar surface area (TPSA) is 58.6 Å². The molecule has 0 aromatic heterocycles. The minimum absolute atomic E-state index is 0.0605. The van der Waals surface area contributed by atoms with Crippen molar-refractivity contribution in [1.82, 2.24) is 0 Å². The van der Waals surface area contributed by atoms with Crippen LogP contribution in [0.2, 0.25) is 5.02 Å². The predicted molar refractivity (Wildman–Crippen MR) is 107 cm³/mol. The van der Waals surface area contributed by atoms with Gasteiger partial charge < -0.3 is 15.0 Å². The molecule has 142 valence electrons. The average molecular weight is 387 g/mol. The van der Waals surface area contributed by atoms with Crippen molar-refractivity contribution in [2.24, 2.45) is 5.92 Å². The maximum absolute atomic E-state index is 12.6. The van der Waals surface area contributed by atoms with Crippen molar-refractivity contribution < 1.29 is 14.3 Å². The zero-order valence-corrected chi connectivity index (χ0v) is 16.4.